The molecular weight excluding hydrogens is 288 g/mol. The molecule has 0 saturated heterocycles. The first kappa shape index (κ1) is 13.8. The molecule has 0 amide bonds. The molecular formula is C14H18N4S2. The Bertz CT molecular complexity index is 709. The van der Waals surface area contributed by atoms with Crippen molar-refractivity contribution in [1.82, 2.24) is 8.75 Å². The van der Waals surface area contributed by atoms with E-state index in [0.717, 1.165) is 33.5 Å². The summed E-state index contributed by atoms with van der Waals surface area (Å²) in [5, 5.41) is 0. The Labute approximate surface area is 126 Å². The normalized spacial score (nSPS) is 14.7. The van der Waals surface area contributed by atoms with Crippen LogP contribution in [0.1, 0.15) is 52.7 Å². The molecule has 0 aliphatic carbocycles. The van der Waals surface area contributed by atoms with Crippen LogP contribution in [-0.2, 0) is 22.2 Å². The number of hydrogen-bond acceptors (Lipinski definition) is 5. The summed E-state index contributed by atoms with van der Waals surface area (Å²) in [4.78, 5) is 0. The molecule has 6 heteroatoms. The van der Waals surface area contributed by atoms with E-state index >= 15 is 0 Å². The van der Waals surface area contributed by atoms with Crippen LogP contribution in [-0.4, -0.2) is 8.75 Å². The summed E-state index contributed by atoms with van der Waals surface area (Å²) in [7, 11) is 0. The van der Waals surface area contributed by atoms with E-state index in [-0.39, 0.29) is 10.8 Å². The minimum absolute atomic E-state index is 0.0293. The molecule has 1 aliphatic rings. The van der Waals surface area contributed by atoms with E-state index in [4.69, 9.17) is 0 Å². The van der Waals surface area contributed by atoms with Gasteiger partial charge in [0.15, 0.2) is 0 Å². The number of fused-ring (bicyclic) bond motifs is 2. The molecule has 106 valence electrons. The highest BCUT2D eigenvalue weighted by Crippen LogP contribution is 2.50. The monoisotopic (exact) mass is 306 g/mol. The lowest BCUT2D eigenvalue weighted by Gasteiger charge is -2.26. The van der Waals surface area contributed by atoms with Gasteiger partial charge in [-0.1, -0.05) is 41.5 Å². The second-order valence-corrected chi connectivity index (χ2v) is 8.23. The molecule has 4 nitrogen and oxygen atoms in total. The van der Waals surface area contributed by atoms with Crippen LogP contribution >= 0.6 is 11.7 Å². The molecule has 0 unspecified atom stereocenters. The molecule has 20 heavy (non-hydrogen) atoms. The highest BCUT2D eigenvalue weighted by atomic mass is 32.1. The van der Waals surface area contributed by atoms with Crippen molar-refractivity contribution < 1.29 is 0 Å². The summed E-state index contributed by atoms with van der Waals surface area (Å²) in [6.07, 6.45) is 0. The average molecular weight is 306 g/mol. The van der Waals surface area contributed by atoms with Gasteiger partial charge in [0.25, 0.3) is 0 Å². The second kappa shape index (κ2) is 4.18. The third-order valence-corrected chi connectivity index (χ3v) is 4.48. The average Bonchev–Trinajstić information content (AvgIpc) is 2.88. The van der Waals surface area contributed by atoms with E-state index in [1.54, 1.807) is 0 Å². The molecule has 0 atom stereocenters. The zero-order chi connectivity index (χ0) is 14.7. The van der Waals surface area contributed by atoms with Crippen LogP contribution < -0.4 is 0 Å². The Morgan fingerprint density at radius 2 is 1.10 bits per heavy atom. The third-order valence-electron chi connectivity index (χ3n) is 3.42. The largest absolute Gasteiger partial charge is 0.173 e. The van der Waals surface area contributed by atoms with Crippen LogP contribution in [0.15, 0.2) is 8.73 Å². The predicted molar refractivity (Wildman–Crippen MR) is 86.4 cm³/mol. The summed E-state index contributed by atoms with van der Waals surface area (Å²) >= 11 is 2.55. The van der Waals surface area contributed by atoms with Gasteiger partial charge in [0.2, 0.25) is 0 Å². The number of aromatic nitrogens is 2. The first-order valence-electron chi connectivity index (χ1n) is 6.62. The summed E-state index contributed by atoms with van der Waals surface area (Å²) in [5.74, 6) is 0. The van der Waals surface area contributed by atoms with Crippen molar-refractivity contribution in [3.63, 3.8) is 0 Å². The SMILES string of the molecule is CC(C)(C)c1c2c(c(C(C)(C)C)c3nsnc13)N=S=N2. The summed E-state index contributed by atoms with van der Waals surface area (Å²) in [5.41, 5.74) is 6.24. The number of hydrogen-bond donors (Lipinski definition) is 0. The molecule has 0 N–H and O–H groups in total. The lowest BCUT2D eigenvalue weighted by molar-refractivity contribution is 0.586. The second-order valence-electron chi connectivity index (χ2n) is 7.17. The molecule has 0 fully saturated rings. The predicted octanol–water partition coefficient (Wildman–Crippen LogP) is 5.01. The van der Waals surface area contributed by atoms with Gasteiger partial charge in [0, 0.05) is 11.1 Å². The molecule has 0 bridgehead atoms. The molecule has 1 aliphatic heterocycles. The van der Waals surface area contributed by atoms with Crippen molar-refractivity contribution in [3.8, 4) is 0 Å². The topological polar surface area (TPSA) is 50.5 Å². The maximum atomic E-state index is 4.56. The maximum Gasteiger partial charge on any atom is 0.111 e. The molecule has 0 saturated carbocycles. The zero-order valence-electron chi connectivity index (χ0n) is 12.6. The standard InChI is InChI=1S/C14H18N4S2/c1-13(2,3)7-9-11(17-19-15-9)8(14(4,5)6)12-10(7)16-20-18-12/h1-6H3. The molecule has 0 spiro atoms. The third kappa shape index (κ3) is 1.93. The quantitative estimate of drug-likeness (QED) is 0.586. The van der Waals surface area contributed by atoms with Crippen LogP contribution in [0.5, 0.6) is 0 Å². The van der Waals surface area contributed by atoms with Crippen molar-refractivity contribution in [2.75, 3.05) is 0 Å². The van der Waals surface area contributed by atoms with Gasteiger partial charge in [-0.05, 0) is 10.8 Å². The first-order chi connectivity index (χ1) is 9.21. The summed E-state index contributed by atoms with van der Waals surface area (Å²) in [6.45, 7) is 13.1. The van der Waals surface area contributed by atoms with Crippen LogP contribution in [0.2, 0.25) is 0 Å². The highest BCUT2D eigenvalue weighted by molar-refractivity contribution is 7.58. The smallest absolute Gasteiger partial charge is 0.111 e. The Kier molecular flexibility index (Phi) is 2.89. The fraction of sp³-hybridized carbons (Fsp3) is 0.571. The van der Waals surface area contributed by atoms with Crippen LogP contribution in [0, 0.1) is 0 Å². The van der Waals surface area contributed by atoms with Gasteiger partial charge in [0.05, 0.1) is 23.1 Å². The minimum atomic E-state index is -0.0293. The Morgan fingerprint density at radius 3 is 1.45 bits per heavy atom. The van der Waals surface area contributed by atoms with Crippen LogP contribution in [0.3, 0.4) is 0 Å². The Hall–Kier alpha value is -1.14. The lowest BCUT2D eigenvalue weighted by atomic mass is 9.78. The minimum Gasteiger partial charge on any atom is -0.173 e. The first-order valence-corrected chi connectivity index (χ1v) is 8.09. The molecule has 1 aromatic heterocycles. The van der Waals surface area contributed by atoms with Crippen molar-refractivity contribution >= 4 is 45.5 Å². The summed E-state index contributed by atoms with van der Waals surface area (Å²) < 4.78 is 18.2. The number of benzene rings is 1. The fourth-order valence-corrected chi connectivity index (χ4v) is 3.80. The van der Waals surface area contributed by atoms with Crippen molar-refractivity contribution in [3.05, 3.63) is 11.1 Å². The Morgan fingerprint density at radius 1 is 0.700 bits per heavy atom. The molecule has 1 aromatic carbocycles. The zero-order valence-corrected chi connectivity index (χ0v) is 14.2. The number of nitrogens with zero attached hydrogens (tertiary/aromatic N) is 4. The van der Waals surface area contributed by atoms with Gasteiger partial charge < -0.3 is 0 Å². The Balaban J connectivity index is 2.53. The van der Waals surface area contributed by atoms with Crippen LogP contribution in [0.25, 0.3) is 11.0 Å². The van der Waals surface area contributed by atoms with Gasteiger partial charge in [-0.2, -0.15) is 17.5 Å². The van der Waals surface area contributed by atoms with E-state index in [0.29, 0.717) is 0 Å². The van der Waals surface area contributed by atoms with E-state index in [1.165, 1.54) is 23.1 Å². The maximum absolute atomic E-state index is 4.56. The van der Waals surface area contributed by atoms with Gasteiger partial charge in [-0.25, -0.2) is 0 Å². The van der Waals surface area contributed by atoms with Gasteiger partial charge in [0.1, 0.15) is 22.4 Å². The van der Waals surface area contributed by atoms with Crippen molar-refractivity contribution in [2.45, 2.75) is 52.4 Å². The molecule has 2 heterocycles. The van der Waals surface area contributed by atoms with Gasteiger partial charge in [-0.15, -0.1) is 0 Å². The van der Waals surface area contributed by atoms with Crippen molar-refractivity contribution in [2.24, 2.45) is 8.73 Å². The summed E-state index contributed by atoms with van der Waals surface area (Å²) in [6, 6.07) is 0. The van der Waals surface area contributed by atoms with E-state index in [9.17, 15) is 0 Å². The highest BCUT2D eigenvalue weighted by Gasteiger charge is 2.34. The van der Waals surface area contributed by atoms with Gasteiger partial charge >= 0.3 is 0 Å². The van der Waals surface area contributed by atoms with E-state index < -0.39 is 0 Å². The molecule has 3 rings (SSSR count). The van der Waals surface area contributed by atoms with Gasteiger partial charge in [-0.3, -0.25) is 0 Å². The molecule has 2 aromatic rings. The lowest BCUT2D eigenvalue weighted by Crippen LogP contribution is -2.16. The molecule has 0 radical (unpaired) electrons. The number of rotatable bonds is 0. The fourth-order valence-electron chi connectivity index (χ4n) is 2.68. The van der Waals surface area contributed by atoms with E-state index in [2.05, 4.69) is 59.0 Å². The van der Waals surface area contributed by atoms with E-state index in [1.807, 2.05) is 0 Å². The van der Waals surface area contributed by atoms with Crippen molar-refractivity contribution in [1.29, 1.82) is 0 Å². The van der Waals surface area contributed by atoms with Crippen LogP contribution in [0.4, 0.5) is 11.4 Å².